The van der Waals surface area contributed by atoms with Crippen molar-refractivity contribution in [3.63, 3.8) is 0 Å². The lowest BCUT2D eigenvalue weighted by molar-refractivity contribution is -0.132. The molecule has 0 saturated carbocycles. The maximum Gasteiger partial charge on any atom is 0.243 e. The van der Waals surface area contributed by atoms with Crippen molar-refractivity contribution in [2.24, 2.45) is 0 Å². The maximum absolute atomic E-state index is 13.0. The molecule has 3 rings (SSSR count). The quantitative estimate of drug-likeness (QED) is 0.835. The van der Waals surface area contributed by atoms with Crippen LogP contribution in [0.4, 0.5) is 0 Å². The Morgan fingerprint density at radius 2 is 1.84 bits per heavy atom. The first-order chi connectivity index (χ1) is 12.0. The standard InChI is InChI=1S/C20H26N2O3/c1-14-7-8-15(2)22(14)13-20(23)21-11-5-6-18(21)17-10-9-16(24-3)12-19(17)25-4/h7-10,12,18H,5-6,11,13H2,1-4H3/t18-/m0/s1. The van der Waals surface area contributed by atoms with Crippen LogP contribution in [-0.4, -0.2) is 36.1 Å². The number of amides is 1. The second-order valence-electron chi connectivity index (χ2n) is 6.56. The molecule has 134 valence electrons. The van der Waals surface area contributed by atoms with Crippen LogP contribution in [0.3, 0.4) is 0 Å². The average Bonchev–Trinajstić information content (AvgIpc) is 3.23. The van der Waals surface area contributed by atoms with Crippen LogP contribution >= 0.6 is 0 Å². The fraction of sp³-hybridized carbons (Fsp3) is 0.450. The minimum Gasteiger partial charge on any atom is -0.497 e. The molecule has 0 aliphatic carbocycles. The molecule has 1 aromatic heterocycles. The van der Waals surface area contributed by atoms with Gasteiger partial charge in [0.25, 0.3) is 0 Å². The summed E-state index contributed by atoms with van der Waals surface area (Å²) in [7, 11) is 3.30. The number of carbonyl (C=O) groups excluding carboxylic acids is 1. The summed E-state index contributed by atoms with van der Waals surface area (Å²) in [5.74, 6) is 1.69. The van der Waals surface area contributed by atoms with Crippen LogP contribution < -0.4 is 9.47 Å². The number of aromatic nitrogens is 1. The van der Waals surface area contributed by atoms with Gasteiger partial charge in [-0.05, 0) is 51.0 Å². The molecule has 2 heterocycles. The van der Waals surface area contributed by atoms with E-state index in [-0.39, 0.29) is 11.9 Å². The molecule has 0 radical (unpaired) electrons. The van der Waals surface area contributed by atoms with E-state index < -0.39 is 0 Å². The van der Waals surface area contributed by atoms with E-state index in [0.29, 0.717) is 6.54 Å². The molecule has 1 atom stereocenters. The highest BCUT2D eigenvalue weighted by molar-refractivity contribution is 5.77. The summed E-state index contributed by atoms with van der Waals surface area (Å²) < 4.78 is 12.9. The molecule has 1 amide bonds. The zero-order valence-corrected chi connectivity index (χ0v) is 15.4. The molecule has 1 aliphatic heterocycles. The Kier molecular flexibility index (Phi) is 5.02. The van der Waals surface area contributed by atoms with Crippen LogP contribution in [0.2, 0.25) is 0 Å². The van der Waals surface area contributed by atoms with E-state index in [9.17, 15) is 4.79 Å². The number of hydrogen-bond acceptors (Lipinski definition) is 3. The van der Waals surface area contributed by atoms with Crippen LogP contribution in [0.15, 0.2) is 30.3 Å². The lowest BCUT2D eigenvalue weighted by atomic mass is 10.0. The fourth-order valence-electron chi connectivity index (χ4n) is 3.66. The summed E-state index contributed by atoms with van der Waals surface area (Å²) in [4.78, 5) is 15.0. The Hall–Kier alpha value is -2.43. The van der Waals surface area contributed by atoms with Crippen molar-refractivity contribution in [2.45, 2.75) is 39.3 Å². The molecule has 0 N–H and O–H groups in total. The Labute approximate surface area is 149 Å². The smallest absolute Gasteiger partial charge is 0.243 e. The highest BCUT2D eigenvalue weighted by atomic mass is 16.5. The third kappa shape index (κ3) is 3.36. The van der Waals surface area contributed by atoms with E-state index in [2.05, 4.69) is 16.7 Å². The van der Waals surface area contributed by atoms with Crippen molar-refractivity contribution < 1.29 is 14.3 Å². The van der Waals surface area contributed by atoms with Gasteiger partial charge in [-0.15, -0.1) is 0 Å². The predicted octanol–water partition coefficient (Wildman–Crippen LogP) is 3.49. The minimum absolute atomic E-state index is 0.0598. The van der Waals surface area contributed by atoms with Gasteiger partial charge >= 0.3 is 0 Å². The third-order valence-electron chi connectivity index (χ3n) is 5.08. The Morgan fingerprint density at radius 3 is 2.48 bits per heavy atom. The van der Waals surface area contributed by atoms with Gasteiger partial charge in [0.2, 0.25) is 5.91 Å². The number of nitrogens with zero attached hydrogens (tertiary/aromatic N) is 2. The molecule has 1 fully saturated rings. The topological polar surface area (TPSA) is 43.7 Å². The molecular formula is C20H26N2O3. The van der Waals surface area contributed by atoms with Gasteiger partial charge in [-0.1, -0.05) is 0 Å². The number of aryl methyl sites for hydroxylation is 2. The van der Waals surface area contributed by atoms with Crippen molar-refractivity contribution in [2.75, 3.05) is 20.8 Å². The van der Waals surface area contributed by atoms with Gasteiger partial charge in [-0.2, -0.15) is 0 Å². The second-order valence-corrected chi connectivity index (χ2v) is 6.56. The highest BCUT2D eigenvalue weighted by Gasteiger charge is 2.32. The number of rotatable bonds is 5. The first-order valence-corrected chi connectivity index (χ1v) is 8.69. The van der Waals surface area contributed by atoms with Crippen molar-refractivity contribution in [1.82, 2.24) is 9.47 Å². The predicted molar refractivity (Wildman–Crippen MR) is 97.1 cm³/mol. The summed E-state index contributed by atoms with van der Waals surface area (Å²) in [6.45, 7) is 5.25. The van der Waals surface area contributed by atoms with Crippen LogP contribution in [0.25, 0.3) is 0 Å². The third-order valence-corrected chi connectivity index (χ3v) is 5.08. The Bertz CT molecular complexity index is 747. The van der Waals surface area contributed by atoms with E-state index in [4.69, 9.17) is 9.47 Å². The van der Waals surface area contributed by atoms with Crippen molar-refractivity contribution in [1.29, 1.82) is 0 Å². The first kappa shape index (κ1) is 17.4. The molecule has 1 saturated heterocycles. The molecule has 5 nitrogen and oxygen atoms in total. The number of carbonyl (C=O) groups is 1. The van der Waals surface area contributed by atoms with E-state index in [1.165, 1.54) is 0 Å². The monoisotopic (exact) mass is 342 g/mol. The summed E-state index contributed by atoms with van der Waals surface area (Å²) >= 11 is 0. The van der Waals surface area contributed by atoms with E-state index in [0.717, 1.165) is 47.8 Å². The normalized spacial score (nSPS) is 17.0. The lowest BCUT2D eigenvalue weighted by Gasteiger charge is -2.27. The zero-order chi connectivity index (χ0) is 18.0. The van der Waals surface area contributed by atoms with Gasteiger partial charge in [-0.25, -0.2) is 0 Å². The summed E-state index contributed by atoms with van der Waals surface area (Å²) in [5.41, 5.74) is 3.28. The van der Waals surface area contributed by atoms with E-state index in [1.807, 2.05) is 36.9 Å². The van der Waals surface area contributed by atoms with Crippen molar-refractivity contribution >= 4 is 5.91 Å². The maximum atomic E-state index is 13.0. The Morgan fingerprint density at radius 1 is 1.12 bits per heavy atom. The lowest BCUT2D eigenvalue weighted by Crippen LogP contribution is -2.34. The van der Waals surface area contributed by atoms with E-state index in [1.54, 1.807) is 14.2 Å². The molecule has 0 unspecified atom stereocenters. The van der Waals surface area contributed by atoms with Gasteiger partial charge in [0, 0.05) is 29.6 Å². The zero-order valence-electron chi connectivity index (χ0n) is 15.4. The molecule has 1 aliphatic rings. The first-order valence-electron chi connectivity index (χ1n) is 8.69. The number of likely N-dealkylation sites (tertiary alicyclic amines) is 1. The average molecular weight is 342 g/mol. The van der Waals surface area contributed by atoms with Gasteiger partial charge < -0.3 is 18.9 Å². The molecule has 0 spiro atoms. The van der Waals surface area contributed by atoms with Crippen LogP contribution in [0, 0.1) is 13.8 Å². The van der Waals surface area contributed by atoms with Crippen LogP contribution in [-0.2, 0) is 11.3 Å². The molecule has 2 aromatic rings. The SMILES string of the molecule is COc1ccc([C@@H]2CCCN2C(=O)Cn2c(C)ccc2C)c(OC)c1. The van der Waals surface area contributed by atoms with Crippen molar-refractivity contribution in [3.8, 4) is 11.5 Å². The van der Waals surface area contributed by atoms with Gasteiger partial charge in [0.1, 0.15) is 18.0 Å². The number of ether oxygens (including phenoxy) is 2. The van der Waals surface area contributed by atoms with Gasteiger partial charge in [0.05, 0.1) is 20.3 Å². The van der Waals surface area contributed by atoms with Crippen LogP contribution in [0.5, 0.6) is 11.5 Å². The second kappa shape index (κ2) is 7.21. The summed E-state index contributed by atoms with van der Waals surface area (Å²) in [6.07, 6.45) is 1.97. The van der Waals surface area contributed by atoms with Crippen LogP contribution in [0.1, 0.15) is 35.8 Å². The van der Waals surface area contributed by atoms with E-state index >= 15 is 0 Å². The molecule has 0 bridgehead atoms. The highest BCUT2D eigenvalue weighted by Crippen LogP contribution is 2.38. The largest absolute Gasteiger partial charge is 0.497 e. The molecule has 25 heavy (non-hydrogen) atoms. The summed E-state index contributed by atoms with van der Waals surface area (Å²) in [5, 5.41) is 0. The fourth-order valence-corrected chi connectivity index (χ4v) is 3.66. The minimum atomic E-state index is 0.0598. The Balaban J connectivity index is 1.84. The summed E-state index contributed by atoms with van der Waals surface area (Å²) in [6, 6.07) is 9.99. The van der Waals surface area contributed by atoms with Crippen molar-refractivity contribution in [3.05, 3.63) is 47.3 Å². The molecule has 5 heteroatoms. The molecular weight excluding hydrogens is 316 g/mol. The van der Waals surface area contributed by atoms with Gasteiger partial charge in [0.15, 0.2) is 0 Å². The number of methoxy groups -OCH3 is 2. The number of hydrogen-bond donors (Lipinski definition) is 0. The molecule has 1 aromatic carbocycles. The van der Waals surface area contributed by atoms with Gasteiger partial charge in [-0.3, -0.25) is 4.79 Å². The number of benzene rings is 1.